The predicted molar refractivity (Wildman–Crippen MR) is 147 cm³/mol. The number of carbonyl (C=O) groups is 1. The molecular weight excluding hydrogens is 484 g/mol. The van der Waals surface area contributed by atoms with Crippen LogP contribution in [0.1, 0.15) is 50.6 Å². The Labute approximate surface area is 218 Å². The minimum absolute atomic E-state index is 0.0702. The summed E-state index contributed by atoms with van der Waals surface area (Å²) in [5.41, 5.74) is 8.09. The van der Waals surface area contributed by atoms with Crippen LogP contribution in [-0.2, 0) is 4.43 Å². The molecule has 2 aromatic carbocycles. The Bertz CT molecular complexity index is 1340. The number of rotatable bonds is 10. The monoisotopic (exact) mass is 520 g/mol. The lowest BCUT2D eigenvalue weighted by molar-refractivity contribution is 0.0994. The molecule has 0 aliphatic rings. The Balaban J connectivity index is 1.49. The van der Waals surface area contributed by atoms with Gasteiger partial charge in [0.15, 0.2) is 13.9 Å². The van der Waals surface area contributed by atoms with E-state index in [2.05, 4.69) is 50.8 Å². The van der Waals surface area contributed by atoms with E-state index in [4.69, 9.17) is 19.3 Å². The highest BCUT2D eigenvalue weighted by molar-refractivity contribution is 6.74. The summed E-state index contributed by atoms with van der Waals surface area (Å²) in [6.07, 6.45) is 3.86. The smallest absolute Gasteiger partial charge is 0.268 e. The average Bonchev–Trinajstić information content (AvgIpc) is 3.48. The van der Waals surface area contributed by atoms with Gasteiger partial charge in [-0.3, -0.25) is 4.79 Å². The number of nitrogens with zero attached hydrogens (tertiary/aromatic N) is 3. The van der Waals surface area contributed by atoms with Crippen molar-refractivity contribution in [3.05, 3.63) is 66.7 Å². The third-order valence-electron chi connectivity index (χ3n) is 7.12. The van der Waals surface area contributed by atoms with E-state index in [1.54, 1.807) is 12.5 Å². The number of ether oxygens (including phenoxy) is 1. The second-order valence-electron chi connectivity index (χ2n) is 10.9. The van der Waals surface area contributed by atoms with Crippen LogP contribution in [0.4, 0.5) is 0 Å². The Morgan fingerprint density at radius 3 is 2.59 bits per heavy atom. The third kappa shape index (κ3) is 6.11. The van der Waals surface area contributed by atoms with Gasteiger partial charge in [0.05, 0.1) is 25.1 Å². The number of imidazole rings is 1. The van der Waals surface area contributed by atoms with E-state index in [1.165, 1.54) is 0 Å². The molecule has 0 aliphatic carbocycles. The summed E-state index contributed by atoms with van der Waals surface area (Å²) in [7, 11) is -2.02. The number of aromatic nitrogens is 3. The highest BCUT2D eigenvalue weighted by Crippen LogP contribution is 2.39. The molecule has 8 nitrogen and oxygen atoms in total. The molecule has 196 valence electrons. The fourth-order valence-corrected chi connectivity index (χ4v) is 5.44. The normalized spacial score (nSPS) is 14.0. The van der Waals surface area contributed by atoms with E-state index >= 15 is 0 Å². The molecular formula is C28H36N4O4Si. The van der Waals surface area contributed by atoms with Gasteiger partial charge in [-0.15, -0.1) is 0 Å². The molecule has 2 unspecified atom stereocenters. The largest absolute Gasteiger partial charge is 0.493 e. The van der Waals surface area contributed by atoms with Gasteiger partial charge < -0.3 is 23.9 Å². The summed E-state index contributed by atoms with van der Waals surface area (Å²) in [6, 6.07) is 15.3. The first-order valence-corrected chi connectivity index (χ1v) is 15.5. The van der Waals surface area contributed by atoms with Crippen molar-refractivity contribution in [3.8, 4) is 17.2 Å². The zero-order chi connectivity index (χ0) is 26.8. The lowest BCUT2D eigenvalue weighted by Crippen LogP contribution is -2.45. The maximum absolute atomic E-state index is 11.7. The van der Waals surface area contributed by atoms with E-state index in [-0.39, 0.29) is 22.9 Å². The van der Waals surface area contributed by atoms with Crippen molar-refractivity contribution in [1.29, 1.82) is 0 Å². The van der Waals surface area contributed by atoms with Crippen molar-refractivity contribution >= 4 is 25.3 Å². The molecule has 2 atom stereocenters. The summed E-state index contributed by atoms with van der Waals surface area (Å²) in [5, 5.41) is 0.0702. The van der Waals surface area contributed by atoms with Crippen LogP contribution in [0.2, 0.25) is 18.1 Å². The topological polar surface area (TPSA) is 105 Å². The SMILES string of the molecule is CC(O[Si](C)(C)C(C)(C)C)C(CCOc1cccc(-c2nc3ccccc3o2)c1)n1cnc(C(N)=O)c1. The summed E-state index contributed by atoms with van der Waals surface area (Å²) in [4.78, 5) is 20.4. The first-order chi connectivity index (χ1) is 17.4. The number of amides is 1. The van der Waals surface area contributed by atoms with Crippen LogP contribution in [-0.4, -0.2) is 41.5 Å². The summed E-state index contributed by atoms with van der Waals surface area (Å²) >= 11 is 0. The maximum atomic E-state index is 11.7. The number of carbonyl (C=O) groups excluding carboxylic acids is 1. The van der Waals surface area contributed by atoms with E-state index in [1.807, 2.05) is 53.1 Å². The minimum Gasteiger partial charge on any atom is -0.493 e. The molecule has 1 amide bonds. The molecule has 2 heterocycles. The van der Waals surface area contributed by atoms with Gasteiger partial charge in [-0.25, -0.2) is 9.97 Å². The quantitative estimate of drug-likeness (QED) is 0.249. The number of primary amides is 1. The van der Waals surface area contributed by atoms with Crippen molar-refractivity contribution < 1.29 is 18.4 Å². The van der Waals surface area contributed by atoms with Gasteiger partial charge in [-0.2, -0.15) is 0 Å². The minimum atomic E-state index is -2.02. The number of para-hydroxylation sites is 2. The summed E-state index contributed by atoms with van der Waals surface area (Å²) < 4.78 is 20.7. The fourth-order valence-electron chi connectivity index (χ4n) is 4.00. The number of hydrogen-bond acceptors (Lipinski definition) is 6. The van der Waals surface area contributed by atoms with E-state index in [0.717, 1.165) is 22.4 Å². The molecule has 4 aromatic rings. The number of oxazole rings is 1. The molecule has 0 saturated carbocycles. The van der Waals surface area contributed by atoms with E-state index in [0.29, 0.717) is 18.9 Å². The number of nitrogens with two attached hydrogens (primary N) is 1. The Morgan fingerprint density at radius 1 is 1.16 bits per heavy atom. The predicted octanol–water partition coefficient (Wildman–Crippen LogP) is 6.21. The highest BCUT2D eigenvalue weighted by Gasteiger charge is 2.40. The lowest BCUT2D eigenvalue weighted by Gasteiger charge is -2.40. The van der Waals surface area contributed by atoms with Gasteiger partial charge in [0, 0.05) is 18.2 Å². The molecule has 9 heteroatoms. The second-order valence-corrected chi connectivity index (χ2v) is 15.6. The van der Waals surface area contributed by atoms with Crippen molar-refractivity contribution in [3.63, 3.8) is 0 Å². The van der Waals surface area contributed by atoms with Gasteiger partial charge >= 0.3 is 0 Å². The van der Waals surface area contributed by atoms with Crippen LogP contribution >= 0.6 is 0 Å². The Hall–Kier alpha value is -3.43. The van der Waals surface area contributed by atoms with Gasteiger partial charge in [-0.1, -0.05) is 39.0 Å². The van der Waals surface area contributed by atoms with Crippen LogP contribution in [0, 0.1) is 0 Å². The maximum Gasteiger partial charge on any atom is 0.268 e. The molecule has 0 bridgehead atoms. The van der Waals surface area contributed by atoms with Crippen LogP contribution in [0.25, 0.3) is 22.6 Å². The molecule has 0 fully saturated rings. The van der Waals surface area contributed by atoms with Crippen LogP contribution in [0.15, 0.2) is 65.5 Å². The molecule has 0 aliphatic heterocycles. The molecule has 0 spiro atoms. The molecule has 4 rings (SSSR count). The first kappa shape index (κ1) is 26.6. The average molecular weight is 521 g/mol. The van der Waals surface area contributed by atoms with Crippen molar-refractivity contribution in [2.75, 3.05) is 6.61 Å². The van der Waals surface area contributed by atoms with Crippen molar-refractivity contribution in [2.45, 2.75) is 64.4 Å². The molecule has 0 radical (unpaired) electrons. The Kier molecular flexibility index (Phi) is 7.56. The summed E-state index contributed by atoms with van der Waals surface area (Å²) in [6.45, 7) is 13.6. The van der Waals surface area contributed by atoms with Crippen molar-refractivity contribution in [1.82, 2.24) is 14.5 Å². The van der Waals surface area contributed by atoms with Gasteiger partial charge in [0.25, 0.3) is 5.91 Å². The van der Waals surface area contributed by atoms with Gasteiger partial charge in [0.1, 0.15) is 17.0 Å². The van der Waals surface area contributed by atoms with Crippen LogP contribution in [0.3, 0.4) is 0 Å². The number of benzene rings is 2. The lowest BCUT2D eigenvalue weighted by atomic mass is 10.1. The highest BCUT2D eigenvalue weighted by atomic mass is 28.4. The number of hydrogen-bond donors (Lipinski definition) is 1. The summed E-state index contributed by atoms with van der Waals surface area (Å²) in [5.74, 6) is 0.723. The molecule has 37 heavy (non-hydrogen) atoms. The first-order valence-electron chi connectivity index (χ1n) is 12.5. The number of fused-ring (bicyclic) bond motifs is 1. The van der Waals surface area contributed by atoms with E-state index in [9.17, 15) is 4.79 Å². The second kappa shape index (κ2) is 10.5. The van der Waals surface area contributed by atoms with Crippen LogP contribution in [0.5, 0.6) is 5.75 Å². The fraction of sp³-hybridized carbons (Fsp3) is 0.393. The molecule has 2 N–H and O–H groups in total. The van der Waals surface area contributed by atoms with Crippen LogP contribution < -0.4 is 10.5 Å². The van der Waals surface area contributed by atoms with Gasteiger partial charge in [0.2, 0.25) is 5.89 Å². The third-order valence-corrected chi connectivity index (χ3v) is 11.7. The van der Waals surface area contributed by atoms with Gasteiger partial charge in [-0.05, 0) is 55.4 Å². The van der Waals surface area contributed by atoms with Crippen molar-refractivity contribution in [2.24, 2.45) is 5.73 Å². The molecule has 0 saturated heterocycles. The zero-order valence-electron chi connectivity index (χ0n) is 22.4. The zero-order valence-corrected chi connectivity index (χ0v) is 23.4. The van der Waals surface area contributed by atoms with E-state index < -0.39 is 14.2 Å². The Morgan fingerprint density at radius 2 is 1.92 bits per heavy atom. The molecule has 2 aromatic heterocycles. The standard InChI is InChI=1S/C28H36N4O4Si/c1-19(36-37(5,6)28(2,3)4)24(32-17-23(26(29)33)30-18-32)14-15-34-21-11-9-10-20(16-21)27-31-22-12-7-8-13-25(22)35-27/h7-13,16-19,24H,14-15H2,1-6H3,(H2,29,33).